The smallest absolute Gasteiger partial charge is 0.354 e. The highest BCUT2D eigenvalue weighted by Gasteiger charge is 2.53. The van der Waals surface area contributed by atoms with E-state index in [1.54, 1.807) is 21.5 Å². The largest absolute Gasteiger partial charge is 0.477 e. The van der Waals surface area contributed by atoms with E-state index in [1.807, 2.05) is 54.4 Å². The molecular formula is C31H35N7O4. The lowest BCUT2D eigenvalue weighted by Crippen LogP contribution is -2.42. The van der Waals surface area contributed by atoms with Gasteiger partial charge in [-0.15, -0.1) is 5.10 Å². The number of carbonyl (C=O) groups excluding carboxylic acids is 1. The van der Waals surface area contributed by atoms with Crippen molar-refractivity contribution < 1.29 is 19.8 Å². The number of carboxylic acid groups (broad SMARTS) is 1. The maximum atomic E-state index is 13.3. The van der Waals surface area contributed by atoms with Gasteiger partial charge in [-0.25, -0.2) is 19.3 Å². The van der Waals surface area contributed by atoms with Crippen molar-refractivity contribution in [2.45, 2.75) is 25.9 Å². The Kier molecular flexibility index (Phi) is 7.28. The zero-order valence-electron chi connectivity index (χ0n) is 23.8. The number of nitrogens with zero attached hydrogens (tertiary/aromatic N) is 7. The minimum Gasteiger partial charge on any atom is -0.477 e. The molecule has 6 heterocycles. The van der Waals surface area contributed by atoms with Crippen LogP contribution in [0.25, 0.3) is 5.65 Å². The van der Waals surface area contributed by atoms with E-state index in [0.29, 0.717) is 30.5 Å². The minimum absolute atomic E-state index is 0.0380. The molecule has 3 unspecified atom stereocenters. The molecule has 0 radical (unpaired) electrons. The van der Waals surface area contributed by atoms with Crippen LogP contribution in [0.15, 0.2) is 66.9 Å². The number of aromatic nitrogens is 4. The van der Waals surface area contributed by atoms with Crippen molar-refractivity contribution in [3.63, 3.8) is 0 Å². The number of β-amino-alcohol motifs (C(OH)–C–C–N with tert-alkyl or cyclic N) is 1. The normalized spacial score (nSPS) is 23.2. The van der Waals surface area contributed by atoms with E-state index in [4.69, 9.17) is 0 Å². The summed E-state index contributed by atoms with van der Waals surface area (Å²) in [5.74, 6) is -0.280. The molecule has 218 valence electrons. The number of amides is 1. The van der Waals surface area contributed by atoms with Crippen LogP contribution in [-0.4, -0.2) is 91.4 Å². The van der Waals surface area contributed by atoms with Gasteiger partial charge in [-0.2, -0.15) is 0 Å². The molecule has 3 saturated heterocycles. The zero-order chi connectivity index (χ0) is 29.4. The van der Waals surface area contributed by atoms with E-state index < -0.39 is 11.6 Å². The summed E-state index contributed by atoms with van der Waals surface area (Å²) in [7, 11) is 0. The molecule has 3 fully saturated rings. The molecule has 0 bridgehead atoms. The van der Waals surface area contributed by atoms with Crippen LogP contribution in [-0.2, 0) is 0 Å². The highest BCUT2D eigenvalue weighted by Crippen LogP contribution is 2.37. The topological polar surface area (TPSA) is 127 Å². The third-order valence-corrected chi connectivity index (χ3v) is 8.39. The summed E-state index contributed by atoms with van der Waals surface area (Å²) in [6.45, 7) is 7.53. The molecule has 0 aliphatic carbocycles. The van der Waals surface area contributed by atoms with E-state index >= 15 is 0 Å². The van der Waals surface area contributed by atoms with Crippen molar-refractivity contribution in [2.75, 3.05) is 49.1 Å². The Balaban J connectivity index is 0.000000470. The molecule has 3 aromatic heterocycles. The standard InChI is InChI=1S/C25H29N7O4.C6H6/c1-15-6-7-29(9-15)18-8-16(2)22-27-21(28-32(22)12-18)23(33)31-11-17-10-30(13-25(17,36)14-31)20-5-3-4-19(26-20)24(34)35;1-2-4-6-5-3-1/h3-5,8,12,15,17,36H,6-7,9-11,13-14H2,1-2H3,(H,34,35);1-6H. The summed E-state index contributed by atoms with van der Waals surface area (Å²) < 4.78 is 1.69. The van der Waals surface area contributed by atoms with Gasteiger partial charge in [0.05, 0.1) is 25.0 Å². The molecule has 0 saturated carbocycles. The molecule has 1 amide bonds. The maximum absolute atomic E-state index is 13.3. The van der Waals surface area contributed by atoms with Gasteiger partial charge in [0.1, 0.15) is 11.4 Å². The molecule has 0 spiro atoms. The lowest BCUT2D eigenvalue weighted by Gasteiger charge is -2.24. The lowest BCUT2D eigenvalue weighted by atomic mass is 9.95. The van der Waals surface area contributed by atoms with Crippen molar-refractivity contribution in [3.05, 3.63) is 83.9 Å². The quantitative estimate of drug-likeness (QED) is 0.381. The van der Waals surface area contributed by atoms with Gasteiger partial charge in [0.25, 0.3) is 5.91 Å². The molecule has 11 nitrogen and oxygen atoms in total. The average Bonchev–Trinajstić information content (AvgIpc) is 3.76. The van der Waals surface area contributed by atoms with Crippen LogP contribution in [0, 0.1) is 18.8 Å². The van der Waals surface area contributed by atoms with Crippen LogP contribution in [0.4, 0.5) is 11.5 Å². The lowest BCUT2D eigenvalue weighted by molar-refractivity contribution is 0.0424. The monoisotopic (exact) mass is 569 g/mol. The van der Waals surface area contributed by atoms with Crippen LogP contribution in [0.3, 0.4) is 0 Å². The minimum atomic E-state index is -1.11. The highest BCUT2D eigenvalue weighted by molar-refractivity contribution is 5.91. The van der Waals surface area contributed by atoms with Crippen molar-refractivity contribution in [2.24, 2.45) is 11.8 Å². The van der Waals surface area contributed by atoms with Crippen LogP contribution in [0.5, 0.6) is 0 Å². The summed E-state index contributed by atoms with van der Waals surface area (Å²) >= 11 is 0. The van der Waals surface area contributed by atoms with Crippen LogP contribution < -0.4 is 9.80 Å². The van der Waals surface area contributed by atoms with Gasteiger partial charge in [0.15, 0.2) is 11.3 Å². The van der Waals surface area contributed by atoms with Crippen LogP contribution in [0.1, 0.15) is 40.0 Å². The molecule has 42 heavy (non-hydrogen) atoms. The number of carboxylic acids is 1. The molecule has 11 heteroatoms. The van der Waals surface area contributed by atoms with Crippen molar-refractivity contribution in [1.29, 1.82) is 0 Å². The van der Waals surface area contributed by atoms with Gasteiger partial charge in [-0.3, -0.25) is 4.79 Å². The van der Waals surface area contributed by atoms with Crippen molar-refractivity contribution in [3.8, 4) is 0 Å². The molecule has 3 aliphatic rings. The molecule has 2 N–H and O–H groups in total. The first kappa shape index (κ1) is 27.6. The molecule has 1 aromatic carbocycles. The predicted molar refractivity (Wildman–Crippen MR) is 158 cm³/mol. The van der Waals surface area contributed by atoms with Gasteiger partial charge < -0.3 is 24.9 Å². The van der Waals surface area contributed by atoms with Gasteiger partial charge in [0.2, 0.25) is 5.82 Å². The number of fused-ring (bicyclic) bond motifs is 2. The Labute approximate surface area is 244 Å². The highest BCUT2D eigenvalue weighted by atomic mass is 16.4. The Morgan fingerprint density at radius 3 is 2.33 bits per heavy atom. The van der Waals surface area contributed by atoms with Gasteiger partial charge in [-0.1, -0.05) is 49.4 Å². The third kappa shape index (κ3) is 5.39. The Bertz CT molecular complexity index is 1580. The van der Waals surface area contributed by atoms with E-state index in [1.165, 1.54) is 6.07 Å². The first-order valence-corrected chi connectivity index (χ1v) is 14.3. The second-order valence-electron chi connectivity index (χ2n) is 11.6. The molecular weight excluding hydrogens is 534 g/mol. The number of benzene rings is 1. The number of aliphatic hydroxyl groups is 1. The Morgan fingerprint density at radius 1 is 0.952 bits per heavy atom. The van der Waals surface area contributed by atoms with E-state index in [-0.39, 0.29) is 36.4 Å². The third-order valence-electron chi connectivity index (χ3n) is 8.39. The van der Waals surface area contributed by atoms with Gasteiger partial charge in [-0.05, 0) is 43.0 Å². The number of rotatable bonds is 4. The maximum Gasteiger partial charge on any atom is 0.354 e. The number of pyridine rings is 2. The molecule has 4 aromatic rings. The van der Waals surface area contributed by atoms with Crippen molar-refractivity contribution in [1.82, 2.24) is 24.5 Å². The number of hydrogen-bond acceptors (Lipinski definition) is 8. The van der Waals surface area contributed by atoms with Gasteiger partial charge in [0, 0.05) is 32.1 Å². The summed E-state index contributed by atoms with van der Waals surface area (Å²) in [6, 6.07) is 18.9. The summed E-state index contributed by atoms with van der Waals surface area (Å²) in [5.41, 5.74) is 1.55. The van der Waals surface area contributed by atoms with E-state index in [0.717, 1.165) is 30.8 Å². The second kappa shape index (κ2) is 11.1. The Morgan fingerprint density at radius 2 is 1.69 bits per heavy atom. The first-order chi connectivity index (χ1) is 20.2. The predicted octanol–water partition coefficient (Wildman–Crippen LogP) is 2.99. The number of anilines is 2. The number of aromatic carboxylic acids is 1. The Hall–Kier alpha value is -4.51. The second-order valence-corrected chi connectivity index (χ2v) is 11.6. The number of aryl methyl sites for hydroxylation is 1. The van der Waals surface area contributed by atoms with Gasteiger partial charge >= 0.3 is 5.97 Å². The summed E-state index contributed by atoms with van der Waals surface area (Å²) in [4.78, 5) is 39.2. The summed E-state index contributed by atoms with van der Waals surface area (Å²) in [6.07, 6.45) is 3.10. The molecule has 7 rings (SSSR count). The van der Waals surface area contributed by atoms with Crippen LogP contribution >= 0.6 is 0 Å². The van der Waals surface area contributed by atoms with E-state index in [2.05, 4.69) is 33.0 Å². The van der Waals surface area contributed by atoms with E-state index in [9.17, 15) is 19.8 Å². The number of carbonyl (C=O) groups is 2. The first-order valence-electron chi connectivity index (χ1n) is 14.3. The molecule has 3 aliphatic heterocycles. The number of likely N-dealkylation sites (tertiary alicyclic amines) is 1. The number of hydrogen-bond donors (Lipinski definition) is 2. The SMILES string of the molecule is Cc1cc(N2CCC(C)C2)cn2nc(C(=O)N3CC4CN(c5cccc(C(=O)O)n5)CC4(O)C3)nc12.c1ccccc1. The fourth-order valence-electron chi connectivity index (χ4n) is 6.17. The van der Waals surface area contributed by atoms with Crippen molar-refractivity contribution >= 4 is 29.0 Å². The van der Waals surface area contributed by atoms with Crippen LogP contribution in [0.2, 0.25) is 0 Å². The zero-order valence-corrected chi connectivity index (χ0v) is 23.8. The molecule has 3 atom stereocenters. The average molecular weight is 570 g/mol. The fourth-order valence-corrected chi connectivity index (χ4v) is 6.17. The fraction of sp³-hybridized carbons (Fsp3) is 0.387. The summed E-state index contributed by atoms with van der Waals surface area (Å²) in [5, 5.41) is 25.1.